The SMILES string of the molecule is CCCNC(=O)c1sc2c(c1C)C(c1ccc(Cl)cc1)=NC(CC(=O)OC)c1nnc(C)n1-2. The zero-order valence-corrected chi connectivity index (χ0v) is 20.4. The number of aliphatic imine (C=N–C) groups is 1. The summed E-state index contributed by atoms with van der Waals surface area (Å²) in [7, 11) is 1.35. The Kier molecular flexibility index (Phi) is 6.62. The standard InChI is InChI=1S/C23H24ClN5O3S/c1-5-10-25-22(31)20-12(2)18-19(14-6-8-15(24)9-7-14)26-16(11-17(30)32-4)21-28-27-13(3)29(21)23(18)33-20/h6-9,16H,5,10-11H2,1-4H3,(H,25,31). The Morgan fingerprint density at radius 1 is 1.21 bits per heavy atom. The molecule has 8 nitrogen and oxygen atoms in total. The highest BCUT2D eigenvalue weighted by molar-refractivity contribution is 7.17. The van der Waals surface area contributed by atoms with E-state index in [0.717, 1.165) is 28.1 Å². The Morgan fingerprint density at radius 3 is 2.61 bits per heavy atom. The van der Waals surface area contributed by atoms with Crippen LogP contribution in [0.15, 0.2) is 29.3 Å². The highest BCUT2D eigenvalue weighted by Crippen LogP contribution is 2.40. The molecular formula is C23H24ClN5O3S. The minimum atomic E-state index is -0.597. The first-order valence-electron chi connectivity index (χ1n) is 10.6. The van der Waals surface area contributed by atoms with E-state index < -0.39 is 12.0 Å². The number of nitrogens with one attached hydrogen (secondary N) is 1. The number of rotatable bonds is 6. The van der Waals surface area contributed by atoms with E-state index in [2.05, 4.69) is 15.5 Å². The molecule has 0 radical (unpaired) electrons. The Bertz CT molecular complexity index is 1250. The average Bonchev–Trinajstić information content (AvgIpc) is 3.31. The minimum absolute atomic E-state index is 0.0174. The van der Waals surface area contributed by atoms with E-state index in [-0.39, 0.29) is 12.3 Å². The number of ether oxygens (including phenoxy) is 1. The van der Waals surface area contributed by atoms with Gasteiger partial charge in [-0.1, -0.05) is 30.7 Å². The molecular weight excluding hydrogens is 462 g/mol. The molecule has 172 valence electrons. The predicted molar refractivity (Wildman–Crippen MR) is 128 cm³/mol. The van der Waals surface area contributed by atoms with Gasteiger partial charge in [-0.05, 0) is 38.0 Å². The van der Waals surface area contributed by atoms with Crippen molar-refractivity contribution in [2.75, 3.05) is 13.7 Å². The number of thiophene rings is 1. The van der Waals surface area contributed by atoms with Crippen molar-refractivity contribution >= 4 is 40.5 Å². The first-order chi connectivity index (χ1) is 15.8. The van der Waals surface area contributed by atoms with Gasteiger partial charge in [-0.25, -0.2) is 0 Å². The fourth-order valence-electron chi connectivity index (χ4n) is 3.80. The quantitative estimate of drug-likeness (QED) is 0.528. The van der Waals surface area contributed by atoms with E-state index >= 15 is 0 Å². The lowest BCUT2D eigenvalue weighted by molar-refractivity contribution is -0.141. The second-order valence-electron chi connectivity index (χ2n) is 7.71. The molecule has 10 heteroatoms. The van der Waals surface area contributed by atoms with Crippen LogP contribution in [0.25, 0.3) is 5.00 Å². The van der Waals surface area contributed by atoms with Crippen molar-refractivity contribution in [3.05, 3.63) is 62.5 Å². The summed E-state index contributed by atoms with van der Waals surface area (Å²) in [5, 5.41) is 13.0. The van der Waals surface area contributed by atoms with Gasteiger partial charge in [0.2, 0.25) is 0 Å². The molecule has 33 heavy (non-hydrogen) atoms. The van der Waals surface area contributed by atoms with E-state index in [1.807, 2.05) is 37.5 Å². The maximum Gasteiger partial charge on any atom is 0.308 e. The maximum atomic E-state index is 12.9. The number of halogens is 1. The van der Waals surface area contributed by atoms with Crippen molar-refractivity contribution in [1.82, 2.24) is 20.1 Å². The summed E-state index contributed by atoms with van der Waals surface area (Å²) < 4.78 is 6.80. The van der Waals surface area contributed by atoms with Crippen molar-refractivity contribution in [1.29, 1.82) is 0 Å². The van der Waals surface area contributed by atoms with E-state index in [0.29, 0.717) is 33.8 Å². The molecule has 1 atom stereocenters. The normalized spacial score (nSPS) is 14.7. The third-order valence-corrected chi connectivity index (χ3v) is 6.98. The Morgan fingerprint density at radius 2 is 1.94 bits per heavy atom. The lowest BCUT2D eigenvalue weighted by Gasteiger charge is -2.12. The van der Waals surface area contributed by atoms with Crippen LogP contribution >= 0.6 is 22.9 Å². The second-order valence-corrected chi connectivity index (χ2v) is 9.15. The number of amides is 1. The fraction of sp³-hybridized carbons (Fsp3) is 0.348. The van der Waals surface area contributed by atoms with Gasteiger partial charge in [0.05, 0.1) is 24.1 Å². The van der Waals surface area contributed by atoms with Crippen LogP contribution in [0, 0.1) is 13.8 Å². The number of benzene rings is 1. The zero-order valence-electron chi connectivity index (χ0n) is 18.8. The predicted octanol–water partition coefficient (Wildman–Crippen LogP) is 4.19. The van der Waals surface area contributed by atoms with E-state index in [1.165, 1.54) is 18.4 Å². The van der Waals surface area contributed by atoms with Gasteiger partial charge >= 0.3 is 5.97 Å². The van der Waals surface area contributed by atoms with Gasteiger partial charge in [-0.3, -0.25) is 19.1 Å². The van der Waals surface area contributed by atoms with Crippen molar-refractivity contribution in [3.8, 4) is 5.00 Å². The molecule has 1 aliphatic rings. The average molecular weight is 486 g/mol. The summed E-state index contributed by atoms with van der Waals surface area (Å²) in [5.74, 6) is 0.662. The number of fused-ring (bicyclic) bond motifs is 3. The number of carbonyl (C=O) groups excluding carboxylic acids is 2. The van der Waals surface area contributed by atoms with Gasteiger partial charge in [0.25, 0.3) is 5.91 Å². The Labute approximate surface area is 200 Å². The lowest BCUT2D eigenvalue weighted by atomic mass is 9.99. The maximum absolute atomic E-state index is 12.9. The first kappa shape index (κ1) is 23.1. The van der Waals surface area contributed by atoms with Gasteiger partial charge in [0.15, 0.2) is 5.82 Å². The summed E-state index contributed by atoms with van der Waals surface area (Å²) in [5.41, 5.74) is 3.13. The van der Waals surface area contributed by atoms with Crippen LogP contribution in [-0.4, -0.2) is 46.0 Å². The summed E-state index contributed by atoms with van der Waals surface area (Å²) in [6, 6.07) is 6.75. The number of esters is 1. The minimum Gasteiger partial charge on any atom is -0.469 e. The number of aryl methyl sites for hydroxylation is 1. The molecule has 1 amide bonds. The number of methoxy groups -OCH3 is 1. The van der Waals surface area contributed by atoms with Crippen LogP contribution in [0.2, 0.25) is 5.02 Å². The molecule has 2 aromatic heterocycles. The van der Waals surface area contributed by atoms with E-state index in [4.69, 9.17) is 21.3 Å². The molecule has 3 heterocycles. The largest absolute Gasteiger partial charge is 0.469 e. The smallest absolute Gasteiger partial charge is 0.308 e. The van der Waals surface area contributed by atoms with Gasteiger partial charge in [-0.15, -0.1) is 21.5 Å². The molecule has 0 aliphatic carbocycles. The summed E-state index contributed by atoms with van der Waals surface area (Å²) in [6.07, 6.45) is 0.862. The summed E-state index contributed by atoms with van der Waals surface area (Å²) in [4.78, 5) is 30.7. The number of nitrogens with zero attached hydrogens (tertiary/aromatic N) is 4. The third-order valence-electron chi connectivity index (χ3n) is 5.45. The molecule has 4 rings (SSSR count). The van der Waals surface area contributed by atoms with Crippen LogP contribution in [0.1, 0.15) is 63.8 Å². The fourth-order valence-corrected chi connectivity index (χ4v) is 5.21. The van der Waals surface area contributed by atoms with Gasteiger partial charge in [0.1, 0.15) is 16.9 Å². The number of hydrogen-bond donors (Lipinski definition) is 1. The zero-order chi connectivity index (χ0) is 23.7. The van der Waals surface area contributed by atoms with Gasteiger partial charge < -0.3 is 10.1 Å². The van der Waals surface area contributed by atoms with E-state index in [9.17, 15) is 9.59 Å². The Balaban J connectivity index is 1.97. The molecule has 0 spiro atoms. The topological polar surface area (TPSA) is 98.5 Å². The van der Waals surface area contributed by atoms with Crippen LogP contribution in [0.3, 0.4) is 0 Å². The Hall–Kier alpha value is -3.04. The van der Waals surface area contributed by atoms with Crippen molar-refractivity contribution in [3.63, 3.8) is 0 Å². The van der Waals surface area contributed by atoms with Crippen LogP contribution in [0.5, 0.6) is 0 Å². The molecule has 1 N–H and O–H groups in total. The molecule has 0 fully saturated rings. The molecule has 1 unspecified atom stereocenters. The number of carbonyl (C=O) groups is 2. The molecule has 1 aromatic carbocycles. The van der Waals surface area contributed by atoms with E-state index in [1.54, 1.807) is 12.1 Å². The van der Waals surface area contributed by atoms with Crippen LogP contribution in [0.4, 0.5) is 0 Å². The number of hydrogen-bond acceptors (Lipinski definition) is 7. The molecule has 0 saturated heterocycles. The molecule has 3 aromatic rings. The molecule has 0 saturated carbocycles. The van der Waals surface area contributed by atoms with Gasteiger partial charge in [-0.2, -0.15) is 0 Å². The summed E-state index contributed by atoms with van der Waals surface area (Å²) >= 11 is 7.50. The van der Waals surface area contributed by atoms with Crippen molar-refractivity contribution in [2.24, 2.45) is 4.99 Å². The third kappa shape index (κ3) is 4.30. The van der Waals surface area contributed by atoms with Gasteiger partial charge in [0, 0.05) is 22.7 Å². The lowest BCUT2D eigenvalue weighted by Crippen LogP contribution is -2.23. The highest BCUT2D eigenvalue weighted by Gasteiger charge is 2.34. The van der Waals surface area contributed by atoms with Crippen LogP contribution < -0.4 is 5.32 Å². The summed E-state index contributed by atoms with van der Waals surface area (Å²) in [6.45, 7) is 6.36. The van der Waals surface area contributed by atoms with Crippen molar-refractivity contribution in [2.45, 2.75) is 39.7 Å². The first-order valence-corrected chi connectivity index (χ1v) is 11.8. The highest BCUT2D eigenvalue weighted by atomic mass is 35.5. The monoisotopic (exact) mass is 485 g/mol. The number of aromatic nitrogens is 3. The second kappa shape index (κ2) is 9.44. The molecule has 0 bridgehead atoms. The molecule has 1 aliphatic heterocycles. The van der Waals surface area contributed by atoms with Crippen molar-refractivity contribution < 1.29 is 14.3 Å². The van der Waals surface area contributed by atoms with Crippen LogP contribution in [-0.2, 0) is 9.53 Å².